The molecular formula is C14H19N. The second-order valence-corrected chi connectivity index (χ2v) is 4.73. The van der Waals surface area contributed by atoms with Crippen molar-refractivity contribution in [3.8, 4) is 0 Å². The summed E-state index contributed by atoms with van der Waals surface area (Å²) in [6, 6.07) is 6.71. The van der Waals surface area contributed by atoms with Gasteiger partial charge in [-0.3, -0.25) is 0 Å². The van der Waals surface area contributed by atoms with Gasteiger partial charge in [-0.2, -0.15) is 0 Å². The number of hydrogen-bond acceptors (Lipinski definition) is 1. The van der Waals surface area contributed by atoms with Gasteiger partial charge in [0, 0.05) is 18.2 Å². The van der Waals surface area contributed by atoms with Gasteiger partial charge in [0.1, 0.15) is 0 Å². The summed E-state index contributed by atoms with van der Waals surface area (Å²) in [7, 11) is 0. The molecular weight excluding hydrogens is 182 g/mol. The molecule has 1 heteroatoms. The summed E-state index contributed by atoms with van der Waals surface area (Å²) in [4.78, 5) is 0. The molecule has 0 saturated heterocycles. The van der Waals surface area contributed by atoms with Gasteiger partial charge in [-0.05, 0) is 23.1 Å². The molecule has 80 valence electrons. The van der Waals surface area contributed by atoms with Crippen LogP contribution >= 0.6 is 0 Å². The van der Waals surface area contributed by atoms with Crippen LogP contribution in [0.25, 0.3) is 6.08 Å². The second-order valence-electron chi connectivity index (χ2n) is 4.73. The van der Waals surface area contributed by atoms with Crippen LogP contribution in [0.15, 0.2) is 24.3 Å². The van der Waals surface area contributed by atoms with Crippen molar-refractivity contribution in [1.29, 1.82) is 0 Å². The average Bonchev–Trinajstić information content (AvgIpc) is 2.57. The van der Waals surface area contributed by atoms with Crippen molar-refractivity contribution in [3.63, 3.8) is 0 Å². The van der Waals surface area contributed by atoms with Crippen molar-refractivity contribution in [2.24, 2.45) is 5.92 Å². The molecule has 0 aliphatic carbocycles. The molecule has 0 spiro atoms. The number of rotatable bonds is 2. The first-order valence-electron chi connectivity index (χ1n) is 5.73. The first kappa shape index (κ1) is 10.3. The van der Waals surface area contributed by atoms with Crippen molar-refractivity contribution < 1.29 is 0 Å². The van der Waals surface area contributed by atoms with Crippen LogP contribution in [0, 0.1) is 5.92 Å². The van der Waals surface area contributed by atoms with Gasteiger partial charge in [-0.25, -0.2) is 0 Å². The van der Waals surface area contributed by atoms with Gasteiger partial charge < -0.3 is 5.32 Å². The Bertz CT molecular complexity index is 377. The highest BCUT2D eigenvalue weighted by Crippen LogP contribution is 2.31. The zero-order chi connectivity index (χ0) is 10.8. The highest BCUT2D eigenvalue weighted by Gasteiger charge is 2.16. The Morgan fingerprint density at radius 1 is 1.40 bits per heavy atom. The first-order chi connectivity index (χ1) is 7.16. The van der Waals surface area contributed by atoms with E-state index in [1.165, 1.54) is 16.8 Å². The fraction of sp³-hybridized carbons (Fsp3) is 0.429. The van der Waals surface area contributed by atoms with Crippen LogP contribution in [0.5, 0.6) is 0 Å². The zero-order valence-electron chi connectivity index (χ0n) is 9.75. The highest BCUT2D eigenvalue weighted by molar-refractivity contribution is 5.64. The van der Waals surface area contributed by atoms with Crippen LogP contribution in [0.2, 0.25) is 0 Å². The van der Waals surface area contributed by atoms with Crippen molar-refractivity contribution in [1.82, 2.24) is 0 Å². The number of benzene rings is 1. The van der Waals surface area contributed by atoms with E-state index < -0.39 is 0 Å². The van der Waals surface area contributed by atoms with Crippen LogP contribution in [0.3, 0.4) is 0 Å². The maximum Gasteiger partial charge on any atom is 0.0382 e. The zero-order valence-corrected chi connectivity index (χ0v) is 9.75. The van der Waals surface area contributed by atoms with Crippen LogP contribution < -0.4 is 5.32 Å². The van der Waals surface area contributed by atoms with E-state index in [-0.39, 0.29) is 0 Å². The minimum absolute atomic E-state index is 0.616. The lowest BCUT2D eigenvalue weighted by Gasteiger charge is -2.03. The van der Waals surface area contributed by atoms with E-state index in [2.05, 4.69) is 56.4 Å². The Morgan fingerprint density at radius 3 is 2.93 bits per heavy atom. The molecule has 1 aliphatic rings. The summed E-state index contributed by atoms with van der Waals surface area (Å²) in [6.45, 7) is 7.74. The molecule has 1 N–H and O–H groups in total. The van der Waals surface area contributed by atoms with E-state index in [9.17, 15) is 0 Å². The van der Waals surface area contributed by atoms with E-state index in [0.29, 0.717) is 11.8 Å². The summed E-state index contributed by atoms with van der Waals surface area (Å²) < 4.78 is 0. The Hall–Kier alpha value is -1.24. The van der Waals surface area contributed by atoms with E-state index in [1.807, 2.05) is 0 Å². The first-order valence-corrected chi connectivity index (χ1v) is 5.73. The van der Waals surface area contributed by atoms with E-state index in [4.69, 9.17) is 0 Å². The van der Waals surface area contributed by atoms with Gasteiger partial charge in [-0.15, -0.1) is 0 Å². The smallest absolute Gasteiger partial charge is 0.0382 e. The van der Waals surface area contributed by atoms with Crippen LogP contribution in [0.4, 0.5) is 5.69 Å². The third-order valence-electron chi connectivity index (χ3n) is 2.88. The summed E-state index contributed by atoms with van der Waals surface area (Å²) >= 11 is 0. The van der Waals surface area contributed by atoms with Gasteiger partial charge in [0.15, 0.2) is 0 Å². The summed E-state index contributed by atoms with van der Waals surface area (Å²) in [5, 5.41) is 3.44. The lowest BCUT2D eigenvalue weighted by molar-refractivity contribution is 0.836. The third kappa shape index (κ3) is 2.23. The van der Waals surface area contributed by atoms with Gasteiger partial charge >= 0.3 is 0 Å². The van der Waals surface area contributed by atoms with E-state index >= 15 is 0 Å². The molecule has 0 saturated carbocycles. The molecule has 1 atom stereocenters. The molecule has 0 aromatic heterocycles. The largest absolute Gasteiger partial charge is 0.384 e. The molecule has 0 radical (unpaired) electrons. The lowest BCUT2D eigenvalue weighted by atomic mass is 10.0. The summed E-state index contributed by atoms with van der Waals surface area (Å²) in [5.74, 6) is 1.27. The fourth-order valence-corrected chi connectivity index (χ4v) is 1.94. The molecule has 1 aliphatic heterocycles. The predicted molar refractivity (Wildman–Crippen MR) is 67.2 cm³/mol. The van der Waals surface area contributed by atoms with Crippen molar-refractivity contribution in [3.05, 3.63) is 35.4 Å². The summed E-state index contributed by atoms with van der Waals surface area (Å²) in [5.41, 5.74) is 4.06. The standard InChI is InChI=1S/C14H19N/c1-10(2)4-5-12-6-7-13-11(3)9-15-14(13)8-12/h4-8,10-11,15H,9H2,1-3H3/b5-4+. The van der Waals surface area contributed by atoms with E-state index in [1.54, 1.807) is 0 Å². The molecule has 0 fully saturated rings. The fourth-order valence-electron chi connectivity index (χ4n) is 1.94. The normalized spacial score (nSPS) is 19.6. The quantitative estimate of drug-likeness (QED) is 0.765. The molecule has 1 aromatic rings. The molecule has 1 aromatic carbocycles. The number of fused-ring (bicyclic) bond motifs is 1. The molecule has 2 rings (SSSR count). The SMILES string of the molecule is CC(C)/C=C/c1ccc2c(c1)NCC2C. The molecule has 1 heterocycles. The van der Waals surface area contributed by atoms with Gasteiger partial charge in [0.2, 0.25) is 0 Å². The Labute approximate surface area is 92.2 Å². The third-order valence-corrected chi connectivity index (χ3v) is 2.88. The predicted octanol–water partition coefficient (Wildman–Crippen LogP) is 3.88. The minimum Gasteiger partial charge on any atom is -0.384 e. The topological polar surface area (TPSA) is 12.0 Å². The van der Waals surface area contributed by atoms with Crippen molar-refractivity contribution >= 4 is 11.8 Å². The van der Waals surface area contributed by atoms with Gasteiger partial charge in [-0.1, -0.05) is 45.1 Å². The lowest BCUT2D eigenvalue weighted by Crippen LogP contribution is -1.95. The van der Waals surface area contributed by atoms with E-state index in [0.717, 1.165) is 6.54 Å². The molecule has 0 amide bonds. The highest BCUT2D eigenvalue weighted by atomic mass is 14.9. The molecule has 1 nitrogen and oxygen atoms in total. The maximum absolute atomic E-state index is 3.44. The maximum atomic E-state index is 3.44. The van der Waals surface area contributed by atoms with Gasteiger partial charge in [0.25, 0.3) is 0 Å². The monoisotopic (exact) mass is 201 g/mol. The van der Waals surface area contributed by atoms with Crippen LogP contribution in [-0.2, 0) is 0 Å². The molecule has 1 unspecified atom stereocenters. The Morgan fingerprint density at radius 2 is 2.20 bits per heavy atom. The van der Waals surface area contributed by atoms with Crippen LogP contribution in [-0.4, -0.2) is 6.54 Å². The van der Waals surface area contributed by atoms with Crippen LogP contribution in [0.1, 0.15) is 37.8 Å². The number of hydrogen-bond donors (Lipinski definition) is 1. The van der Waals surface area contributed by atoms with Crippen molar-refractivity contribution in [2.75, 3.05) is 11.9 Å². The van der Waals surface area contributed by atoms with Crippen molar-refractivity contribution in [2.45, 2.75) is 26.7 Å². The number of anilines is 1. The number of allylic oxidation sites excluding steroid dienone is 1. The van der Waals surface area contributed by atoms with Gasteiger partial charge in [0.05, 0.1) is 0 Å². The average molecular weight is 201 g/mol. The minimum atomic E-state index is 0.616. The Balaban J connectivity index is 2.23. The second kappa shape index (κ2) is 4.09. The summed E-state index contributed by atoms with van der Waals surface area (Å²) in [6.07, 6.45) is 4.44. The number of nitrogens with one attached hydrogen (secondary N) is 1. The Kier molecular flexibility index (Phi) is 2.81. The molecule has 0 bridgehead atoms. The molecule has 15 heavy (non-hydrogen) atoms.